The molecule has 1 saturated heterocycles. The van der Waals surface area contributed by atoms with E-state index in [1.807, 2.05) is 0 Å². The standard InChI is InChI=1S/C13H16FNO2/c14-12-5-3-10(4-6-12)8-15-13(16)11-2-1-7-17-9-11/h3-6,11H,1-2,7-9H2,(H,15,16). The van der Waals surface area contributed by atoms with Gasteiger partial charge in [0, 0.05) is 13.2 Å². The van der Waals surface area contributed by atoms with Crippen molar-refractivity contribution in [2.45, 2.75) is 19.4 Å². The van der Waals surface area contributed by atoms with E-state index in [1.165, 1.54) is 12.1 Å². The van der Waals surface area contributed by atoms with Gasteiger partial charge in [-0.3, -0.25) is 4.79 Å². The van der Waals surface area contributed by atoms with E-state index >= 15 is 0 Å². The summed E-state index contributed by atoms with van der Waals surface area (Å²) in [4.78, 5) is 11.8. The Hall–Kier alpha value is -1.42. The molecule has 1 aliphatic rings. The lowest BCUT2D eigenvalue weighted by Crippen LogP contribution is -2.35. The van der Waals surface area contributed by atoms with Gasteiger partial charge in [0.15, 0.2) is 0 Å². The fourth-order valence-corrected chi connectivity index (χ4v) is 1.88. The predicted molar refractivity (Wildman–Crippen MR) is 61.8 cm³/mol. The fraction of sp³-hybridized carbons (Fsp3) is 0.462. The molecule has 1 N–H and O–H groups in total. The predicted octanol–water partition coefficient (Wildman–Crippen LogP) is 1.87. The second-order valence-electron chi connectivity index (χ2n) is 4.26. The molecule has 0 radical (unpaired) electrons. The summed E-state index contributed by atoms with van der Waals surface area (Å²) in [6.45, 7) is 1.70. The largest absolute Gasteiger partial charge is 0.381 e. The van der Waals surface area contributed by atoms with Gasteiger partial charge in [0.2, 0.25) is 5.91 Å². The molecule has 1 unspecified atom stereocenters. The van der Waals surface area contributed by atoms with Crippen LogP contribution in [0.1, 0.15) is 18.4 Å². The molecule has 92 valence electrons. The van der Waals surface area contributed by atoms with Crippen molar-refractivity contribution in [3.8, 4) is 0 Å². The lowest BCUT2D eigenvalue weighted by atomic mass is 10.0. The molecular weight excluding hydrogens is 221 g/mol. The van der Waals surface area contributed by atoms with Crippen LogP contribution in [0, 0.1) is 11.7 Å². The van der Waals surface area contributed by atoms with Crippen LogP contribution in [-0.2, 0) is 16.1 Å². The first kappa shape index (κ1) is 12.0. The highest BCUT2D eigenvalue weighted by atomic mass is 19.1. The van der Waals surface area contributed by atoms with E-state index in [-0.39, 0.29) is 17.6 Å². The number of carbonyl (C=O) groups is 1. The van der Waals surface area contributed by atoms with Crippen LogP contribution in [0.15, 0.2) is 24.3 Å². The first-order valence-corrected chi connectivity index (χ1v) is 5.85. The van der Waals surface area contributed by atoms with Gasteiger partial charge >= 0.3 is 0 Å². The number of rotatable bonds is 3. The van der Waals surface area contributed by atoms with Crippen LogP contribution in [0.25, 0.3) is 0 Å². The second-order valence-corrected chi connectivity index (χ2v) is 4.26. The zero-order valence-electron chi connectivity index (χ0n) is 9.62. The van der Waals surface area contributed by atoms with Crippen molar-refractivity contribution in [3.63, 3.8) is 0 Å². The molecule has 1 aromatic carbocycles. The molecule has 0 spiro atoms. The maximum Gasteiger partial charge on any atom is 0.225 e. The quantitative estimate of drug-likeness (QED) is 0.871. The Bertz CT molecular complexity index is 372. The monoisotopic (exact) mass is 237 g/mol. The van der Waals surface area contributed by atoms with Crippen molar-refractivity contribution >= 4 is 5.91 Å². The van der Waals surface area contributed by atoms with Crippen LogP contribution in [0.2, 0.25) is 0 Å². The average Bonchev–Trinajstić information content (AvgIpc) is 2.39. The molecule has 0 saturated carbocycles. The maximum absolute atomic E-state index is 12.7. The van der Waals surface area contributed by atoms with Gasteiger partial charge in [0.25, 0.3) is 0 Å². The number of carbonyl (C=O) groups excluding carboxylic acids is 1. The third kappa shape index (κ3) is 3.53. The summed E-state index contributed by atoms with van der Waals surface area (Å²) >= 11 is 0. The minimum atomic E-state index is -0.263. The molecule has 1 fully saturated rings. The van der Waals surface area contributed by atoms with Crippen LogP contribution < -0.4 is 5.32 Å². The van der Waals surface area contributed by atoms with E-state index in [4.69, 9.17) is 4.74 Å². The fourth-order valence-electron chi connectivity index (χ4n) is 1.88. The lowest BCUT2D eigenvalue weighted by molar-refractivity contribution is -0.129. The average molecular weight is 237 g/mol. The van der Waals surface area contributed by atoms with Crippen LogP contribution in [0.4, 0.5) is 4.39 Å². The Morgan fingerprint density at radius 1 is 1.41 bits per heavy atom. The van der Waals surface area contributed by atoms with E-state index in [0.29, 0.717) is 13.2 Å². The van der Waals surface area contributed by atoms with E-state index in [9.17, 15) is 9.18 Å². The number of hydrogen-bond acceptors (Lipinski definition) is 2. The molecule has 2 rings (SSSR count). The summed E-state index contributed by atoms with van der Waals surface area (Å²) in [5, 5.41) is 2.85. The highest BCUT2D eigenvalue weighted by Gasteiger charge is 2.21. The van der Waals surface area contributed by atoms with Gasteiger partial charge in [-0.15, -0.1) is 0 Å². The first-order chi connectivity index (χ1) is 8.25. The zero-order valence-corrected chi connectivity index (χ0v) is 9.62. The zero-order chi connectivity index (χ0) is 12.1. The molecule has 3 nitrogen and oxygen atoms in total. The van der Waals surface area contributed by atoms with Gasteiger partial charge in [-0.1, -0.05) is 12.1 Å². The Kier molecular flexibility index (Phi) is 4.09. The number of ether oxygens (including phenoxy) is 1. The summed E-state index contributed by atoms with van der Waals surface area (Å²) in [6.07, 6.45) is 1.82. The third-order valence-electron chi connectivity index (χ3n) is 2.91. The molecule has 17 heavy (non-hydrogen) atoms. The highest BCUT2D eigenvalue weighted by Crippen LogP contribution is 2.13. The van der Waals surface area contributed by atoms with Crippen molar-refractivity contribution in [3.05, 3.63) is 35.6 Å². The van der Waals surface area contributed by atoms with E-state index in [0.717, 1.165) is 25.0 Å². The normalized spacial score (nSPS) is 19.9. The molecule has 1 heterocycles. The van der Waals surface area contributed by atoms with Gasteiger partial charge in [0.05, 0.1) is 12.5 Å². The molecule has 0 aliphatic carbocycles. The summed E-state index contributed by atoms with van der Waals surface area (Å²) in [5.74, 6) is -0.279. The lowest BCUT2D eigenvalue weighted by Gasteiger charge is -2.21. The van der Waals surface area contributed by atoms with Crippen molar-refractivity contribution in [2.75, 3.05) is 13.2 Å². The van der Waals surface area contributed by atoms with Gasteiger partial charge in [-0.25, -0.2) is 4.39 Å². The van der Waals surface area contributed by atoms with E-state index in [1.54, 1.807) is 12.1 Å². The summed E-state index contributed by atoms with van der Waals surface area (Å²) in [6, 6.07) is 6.14. The Balaban J connectivity index is 1.81. The van der Waals surface area contributed by atoms with Crippen molar-refractivity contribution in [2.24, 2.45) is 5.92 Å². The maximum atomic E-state index is 12.7. The minimum absolute atomic E-state index is 0.0222. The molecule has 4 heteroatoms. The van der Waals surface area contributed by atoms with Crippen molar-refractivity contribution < 1.29 is 13.9 Å². The van der Waals surface area contributed by atoms with Crippen LogP contribution in [0.5, 0.6) is 0 Å². The summed E-state index contributed by atoms with van der Waals surface area (Å²) in [5.41, 5.74) is 0.900. The number of amides is 1. The Morgan fingerprint density at radius 2 is 2.18 bits per heavy atom. The molecule has 0 bridgehead atoms. The Morgan fingerprint density at radius 3 is 2.82 bits per heavy atom. The van der Waals surface area contributed by atoms with Crippen LogP contribution in [0.3, 0.4) is 0 Å². The Labute approximate surface area is 100.0 Å². The van der Waals surface area contributed by atoms with Gasteiger partial charge < -0.3 is 10.1 Å². The second kappa shape index (κ2) is 5.77. The summed E-state index contributed by atoms with van der Waals surface area (Å²) < 4.78 is 17.9. The summed E-state index contributed by atoms with van der Waals surface area (Å²) in [7, 11) is 0. The molecule has 1 aromatic rings. The van der Waals surface area contributed by atoms with Crippen molar-refractivity contribution in [1.29, 1.82) is 0 Å². The first-order valence-electron chi connectivity index (χ1n) is 5.85. The van der Waals surface area contributed by atoms with Gasteiger partial charge in [0.1, 0.15) is 5.82 Å². The minimum Gasteiger partial charge on any atom is -0.381 e. The van der Waals surface area contributed by atoms with Gasteiger partial charge in [-0.05, 0) is 30.5 Å². The SMILES string of the molecule is O=C(NCc1ccc(F)cc1)C1CCCOC1. The molecular formula is C13H16FNO2. The molecule has 1 aliphatic heterocycles. The topological polar surface area (TPSA) is 38.3 Å². The molecule has 1 amide bonds. The number of nitrogens with one attached hydrogen (secondary N) is 1. The van der Waals surface area contributed by atoms with Gasteiger partial charge in [-0.2, -0.15) is 0 Å². The number of benzene rings is 1. The van der Waals surface area contributed by atoms with E-state index in [2.05, 4.69) is 5.32 Å². The third-order valence-corrected chi connectivity index (χ3v) is 2.91. The number of hydrogen-bond donors (Lipinski definition) is 1. The smallest absolute Gasteiger partial charge is 0.225 e. The van der Waals surface area contributed by atoms with Crippen molar-refractivity contribution in [1.82, 2.24) is 5.32 Å². The van der Waals surface area contributed by atoms with Crippen LogP contribution in [-0.4, -0.2) is 19.1 Å². The highest BCUT2D eigenvalue weighted by molar-refractivity contribution is 5.78. The molecule has 1 atom stereocenters. The molecule has 0 aromatic heterocycles. The van der Waals surface area contributed by atoms with Crippen LogP contribution >= 0.6 is 0 Å². The number of halogens is 1. The van der Waals surface area contributed by atoms with E-state index < -0.39 is 0 Å².